The number of aliphatic carboxylic acids is 1. The van der Waals surface area contributed by atoms with E-state index in [2.05, 4.69) is 10.3 Å². The number of carboxylic acid groups (broad SMARTS) is 1. The first-order valence-electron chi connectivity index (χ1n) is 5.60. The van der Waals surface area contributed by atoms with Crippen LogP contribution in [0.5, 0.6) is 0 Å². The van der Waals surface area contributed by atoms with Gasteiger partial charge in [0.05, 0.1) is 0 Å². The van der Waals surface area contributed by atoms with Crippen LogP contribution in [0, 0.1) is 0 Å². The number of nitrogens with zero attached hydrogens (tertiary/aromatic N) is 2. The first-order valence-corrected chi connectivity index (χ1v) is 6.48. The van der Waals surface area contributed by atoms with Crippen molar-refractivity contribution in [1.29, 1.82) is 0 Å². The summed E-state index contributed by atoms with van der Waals surface area (Å²) in [4.78, 5) is 38.5. The minimum absolute atomic E-state index is 0.0197. The summed E-state index contributed by atoms with van der Waals surface area (Å²) >= 11 is 1.17. The molecular weight excluding hydrogens is 270 g/mol. The summed E-state index contributed by atoms with van der Waals surface area (Å²) in [5.74, 6) is -1.43. The minimum atomic E-state index is -0.887. The second-order valence-corrected chi connectivity index (χ2v) is 4.80. The Kier molecular flexibility index (Phi) is 5.43. The molecule has 0 aliphatic carbocycles. The topological polar surface area (TPSA) is 99.6 Å². The Morgan fingerprint density at radius 3 is 2.74 bits per heavy atom. The van der Waals surface area contributed by atoms with Crippen LogP contribution in [-0.2, 0) is 9.59 Å². The third-order valence-electron chi connectivity index (χ3n) is 2.24. The second kappa shape index (κ2) is 6.83. The molecule has 8 heteroatoms. The number of hydrogen-bond donors (Lipinski definition) is 2. The van der Waals surface area contributed by atoms with Gasteiger partial charge in [-0.1, -0.05) is 0 Å². The van der Waals surface area contributed by atoms with E-state index in [4.69, 9.17) is 5.11 Å². The average Bonchev–Trinajstić information content (AvgIpc) is 2.74. The number of aromatic nitrogens is 1. The summed E-state index contributed by atoms with van der Waals surface area (Å²) < 4.78 is 0. The third-order valence-corrected chi connectivity index (χ3v) is 2.99. The highest BCUT2D eigenvalue weighted by molar-refractivity contribution is 7.14. The van der Waals surface area contributed by atoms with Crippen molar-refractivity contribution in [1.82, 2.24) is 9.88 Å². The number of amides is 2. The van der Waals surface area contributed by atoms with Crippen LogP contribution in [0.3, 0.4) is 0 Å². The number of hydrogen-bond acceptors (Lipinski definition) is 5. The van der Waals surface area contributed by atoms with Gasteiger partial charge in [-0.15, -0.1) is 11.3 Å². The molecule has 0 atom stereocenters. The number of carboxylic acids is 1. The van der Waals surface area contributed by atoms with E-state index < -0.39 is 5.97 Å². The summed E-state index contributed by atoms with van der Waals surface area (Å²) in [7, 11) is 1.58. The summed E-state index contributed by atoms with van der Waals surface area (Å²) in [6, 6.07) is 0. The van der Waals surface area contributed by atoms with Crippen molar-refractivity contribution in [3.8, 4) is 0 Å². The zero-order chi connectivity index (χ0) is 14.4. The van der Waals surface area contributed by atoms with Crippen molar-refractivity contribution in [2.45, 2.75) is 19.8 Å². The molecule has 2 amide bonds. The predicted molar refractivity (Wildman–Crippen MR) is 70.2 cm³/mol. The van der Waals surface area contributed by atoms with Gasteiger partial charge in [-0.05, 0) is 6.42 Å². The fraction of sp³-hybridized carbons (Fsp3) is 0.455. The first-order chi connectivity index (χ1) is 8.90. The SMILES string of the molecule is CC(=O)Nc1nc(C(=O)N(C)CCCC(=O)O)cs1. The number of rotatable bonds is 6. The Morgan fingerprint density at radius 2 is 2.16 bits per heavy atom. The largest absolute Gasteiger partial charge is 0.481 e. The Labute approximate surface area is 114 Å². The molecule has 0 aliphatic heterocycles. The van der Waals surface area contributed by atoms with E-state index in [1.807, 2.05) is 0 Å². The van der Waals surface area contributed by atoms with Gasteiger partial charge in [-0.2, -0.15) is 0 Å². The highest BCUT2D eigenvalue weighted by Crippen LogP contribution is 2.16. The molecular formula is C11H15N3O4S. The molecule has 0 unspecified atom stereocenters. The lowest BCUT2D eigenvalue weighted by Crippen LogP contribution is -2.28. The molecule has 0 saturated carbocycles. The van der Waals surface area contributed by atoms with Gasteiger partial charge >= 0.3 is 5.97 Å². The van der Waals surface area contributed by atoms with Crippen LogP contribution in [0.15, 0.2) is 5.38 Å². The summed E-state index contributed by atoms with van der Waals surface area (Å²) in [5, 5.41) is 12.9. The molecule has 0 aromatic carbocycles. The predicted octanol–water partition coefficient (Wildman–Crippen LogP) is 1.04. The van der Waals surface area contributed by atoms with Crippen molar-refractivity contribution >= 4 is 34.3 Å². The molecule has 0 fully saturated rings. The minimum Gasteiger partial charge on any atom is -0.481 e. The molecule has 1 aromatic heterocycles. The molecule has 0 aliphatic rings. The van der Waals surface area contributed by atoms with Crippen LogP contribution in [0.4, 0.5) is 5.13 Å². The third kappa shape index (κ3) is 5.04. The number of thiazole rings is 1. The molecule has 19 heavy (non-hydrogen) atoms. The van der Waals surface area contributed by atoms with Crippen LogP contribution in [-0.4, -0.2) is 46.4 Å². The van der Waals surface area contributed by atoms with Gasteiger partial charge < -0.3 is 15.3 Å². The lowest BCUT2D eigenvalue weighted by Gasteiger charge is -2.14. The Balaban J connectivity index is 2.54. The maximum absolute atomic E-state index is 11.9. The molecule has 0 spiro atoms. The van der Waals surface area contributed by atoms with Crippen molar-refractivity contribution < 1.29 is 19.5 Å². The molecule has 1 rings (SSSR count). The smallest absolute Gasteiger partial charge is 0.303 e. The lowest BCUT2D eigenvalue weighted by atomic mass is 10.3. The molecule has 1 aromatic rings. The highest BCUT2D eigenvalue weighted by atomic mass is 32.1. The van der Waals surface area contributed by atoms with E-state index in [1.165, 1.54) is 23.2 Å². The van der Waals surface area contributed by atoms with E-state index in [0.717, 1.165) is 0 Å². The summed E-state index contributed by atoms with van der Waals surface area (Å²) in [5.41, 5.74) is 0.242. The van der Waals surface area contributed by atoms with Gasteiger partial charge in [-0.3, -0.25) is 14.4 Å². The first kappa shape index (κ1) is 15.1. The van der Waals surface area contributed by atoms with E-state index in [9.17, 15) is 14.4 Å². The van der Waals surface area contributed by atoms with E-state index in [-0.39, 0.29) is 23.9 Å². The number of carbonyl (C=O) groups is 3. The molecule has 2 N–H and O–H groups in total. The molecule has 0 saturated heterocycles. The van der Waals surface area contributed by atoms with Gasteiger partial charge in [-0.25, -0.2) is 4.98 Å². The quantitative estimate of drug-likeness (QED) is 0.813. The van der Waals surface area contributed by atoms with Crippen molar-refractivity contribution in [2.24, 2.45) is 0 Å². The summed E-state index contributed by atoms with van der Waals surface area (Å²) in [6.45, 7) is 1.71. The van der Waals surface area contributed by atoms with Crippen LogP contribution in [0.1, 0.15) is 30.3 Å². The lowest BCUT2D eigenvalue weighted by molar-refractivity contribution is -0.137. The van der Waals surface area contributed by atoms with Gasteiger partial charge in [0, 0.05) is 32.3 Å². The zero-order valence-corrected chi connectivity index (χ0v) is 11.5. The average molecular weight is 285 g/mol. The van der Waals surface area contributed by atoms with Crippen LogP contribution in [0.2, 0.25) is 0 Å². The van der Waals surface area contributed by atoms with Gasteiger partial charge in [0.15, 0.2) is 5.13 Å². The normalized spacial score (nSPS) is 10.0. The van der Waals surface area contributed by atoms with E-state index in [0.29, 0.717) is 18.1 Å². The van der Waals surface area contributed by atoms with Crippen molar-refractivity contribution in [2.75, 3.05) is 18.9 Å². The zero-order valence-electron chi connectivity index (χ0n) is 10.7. The van der Waals surface area contributed by atoms with Gasteiger partial charge in [0.1, 0.15) is 5.69 Å². The molecule has 0 radical (unpaired) electrons. The molecule has 7 nitrogen and oxygen atoms in total. The Morgan fingerprint density at radius 1 is 1.47 bits per heavy atom. The van der Waals surface area contributed by atoms with Crippen LogP contribution < -0.4 is 5.32 Å². The van der Waals surface area contributed by atoms with Gasteiger partial charge in [0.2, 0.25) is 5.91 Å². The second-order valence-electron chi connectivity index (χ2n) is 3.94. The fourth-order valence-electron chi connectivity index (χ4n) is 1.34. The summed E-state index contributed by atoms with van der Waals surface area (Å²) in [6.07, 6.45) is 0.409. The van der Waals surface area contributed by atoms with Crippen LogP contribution in [0.25, 0.3) is 0 Å². The molecule has 104 valence electrons. The monoisotopic (exact) mass is 285 g/mol. The van der Waals surface area contributed by atoms with Crippen LogP contribution >= 0.6 is 11.3 Å². The standard InChI is InChI=1S/C11H15N3O4S/c1-7(15)12-11-13-8(6-19-11)10(18)14(2)5-3-4-9(16)17/h6H,3-5H2,1-2H3,(H,16,17)(H,12,13,15). The Hall–Kier alpha value is -1.96. The number of anilines is 1. The van der Waals surface area contributed by atoms with Gasteiger partial charge in [0.25, 0.3) is 5.91 Å². The van der Waals surface area contributed by atoms with E-state index in [1.54, 1.807) is 12.4 Å². The Bertz CT molecular complexity index is 486. The maximum atomic E-state index is 11.9. The fourth-order valence-corrected chi connectivity index (χ4v) is 2.08. The number of carbonyl (C=O) groups excluding carboxylic acids is 2. The maximum Gasteiger partial charge on any atom is 0.303 e. The van der Waals surface area contributed by atoms with Crippen molar-refractivity contribution in [3.63, 3.8) is 0 Å². The number of nitrogens with one attached hydrogen (secondary N) is 1. The molecule has 0 bridgehead atoms. The molecule has 1 heterocycles. The van der Waals surface area contributed by atoms with E-state index >= 15 is 0 Å². The van der Waals surface area contributed by atoms with Crippen molar-refractivity contribution in [3.05, 3.63) is 11.1 Å². The highest BCUT2D eigenvalue weighted by Gasteiger charge is 2.15.